The molecule has 0 fully saturated rings. The van der Waals surface area contributed by atoms with Crippen molar-refractivity contribution in [1.82, 2.24) is 4.98 Å². The van der Waals surface area contributed by atoms with Gasteiger partial charge in [0.2, 0.25) is 0 Å². The van der Waals surface area contributed by atoms with E-state index in [4.69, 9.17) is 0 Å². The molecular weight excluding hydrogens is 162 g/mol. The summed E-state index contributed by atoms with van der Waals surface area (Å²) in [4.78, 5) is 16.0. The van der Waals surface area contributed by atoms with Crippen molar-refractivity contribution in [3.8, 4) is 0 Å². The van der Waals surface area contributed by atoms with Crippen molar-refractivity contribution in [2.75, 3.05) is 0 Å². The Labute approximate surface area is 78.0 Å². The minimum atomic E-state index is 0.261. The maximum absolute atomic E-state index is 11.5. The smallest absolute Gasteiger partial charge is 0.164 e. The highest BCUT2D eigenvalue weighted by Gasteiger charge is 2.18. The number of pyridine rings is 1. The predicted octanol–water partition coefficient (Wildman–Crippen LogP) is 2.22. The Morgan fingerprint density at radius 3 is 2.85 bits per heavy atom. The third kappa shape index (κ3) is 1.37. The van der Waals surface area contributed by atoms with Crippen LogP contribution in [0.4, 0.5) is 0 Å². The summed E-state index contributed by atoms with van der Waals surface area (Å²) in [5.41, 5.74) is 4.02. The summed E-state index contributed by atoms with van der Waals surface area (Å²) < 4.78 is 0. The minimum Gasteiger partial charge on any atom is -0.294 e. The molecule has 0 unspecified atom stereocenters. The van der Waals surface area contributed by atoms with E-state index in [2.05, 4.69) is 4.98 Å². The van der Waals surface area contributed by atoms with Gasteiger partial charge in [-0.3, -0.25) is 9.78 Å². The quantitative estimate of drug-likeness (QED) is 0.605. The fourth-order valence-electron chi connectivity index (χ4n) is 1.74. The molecule has 1 aliphatic carbocycles. The van der Waals surface area contributed by atoms with Gasteiger partial charge in [0, 0.05) is 17.7 Å². The van der Waals surface area contributed by atoms with Crippen LogP contribution in [0.25, 0.3) is 0 Å². The highest BCUT2D eigenvalue weighted by atomic mass is 16.1. The lowest BCUT2D eigenvalue weighted by Crippen LogP contribution is -2.13. The average molecular weight is 175 g/mol. The van der Waals surface area contributed by atoms with Crippen LogP contribution in [0.5, 0.6) is 0 Å². The van der Waals surface area contributed by atoms with Gasteiger partial charge >= 0.3 is 0 Å². The van der Waals surface area contributed by atoms with Gasteiger partial charge in [-0.2, -0.15) is 0 Å². The molecule has 2 rings (SSSR count). The molecule has 0 saturated carbocycles. The van der Waals surface area contributed by atoms with Crippen molar-refractivity contribution in [1.29, 1.82) is 0 Å². The van der Waals surface area contributed by atoms with E-state index in [9.17, 15) is 4.79 Å². The van der Waals surface area contributed by atoms with Crippen LogP contribution >= 0.6 is 0 Å². The van der Waals surface area contributed by atoms with Crippen LogP contribution in [0.15, 0.2) is 6.07 Å². The van der Waals surface area contributed by atoms with Crippen molar-refractivity contribution >= 4 is 5.78 Å². The number of carbonyl (C=O) groups excluding carboxylic acids is 1. The standard InChI is InChI=1S/C11H13NO/c1-7-6-9-10(12-8(7)2)4-3-5-11(9)13/h6H,3-5H2,1-2H3. The van der Waals surface area contributed by atoms with Gasteiger partial charge in [0.1, 0.15) is 0 Å². The van der Waals surface area contributed by atoms with Crippen LogP contribution in [0, 0.1) is 13.8 Å². The summed E-state index contributed by atoms with van der Waals surface area (Å²) in [7, 11) is 0. The van der Waals surface area contributed by atoms with Crippen LogP contribution in [0.1, 0.15) is 40.2 Å². The first-order chi connectivity index (χ1) is 6.18. The number of nitrogens with zero attached hydrogens (tertiary/aromatic N) is 1. The second-order valence-electron chi connectivity index (χ2n) is 3.66. The van der Waals surface area contributed by atoms with E-state index in [1.165, 1.54) is 0 Å². The molecule has 1 aromatic heterocycles. The Balaban J connectivity index is 2.58. The predicted molar refractivity (Wildman–Crippen MR) is 51.0 cm³/mol. The first-order valence-electron chi connectivity index (χ1n) is 4.69. The molecule has 0 amide bonds. The molecule has 2 nitrogen and oxygen atoms in total. The highest BCUT2D eigenvalue weighted by Crippen LogP contribution is 2.21. The molecule has 0 saturated heterocycles. The second-order valence-corrected chi connectivity index (χ2v) is 3.66. The van der Waals surface area contributed by atoms with E-state index < -0.39 is 0 Å². The summed E-state index contributed by atoms with van der Waals surface area (Å²) in [5, 5.41) is 0. The van der Waals surface area contributed by atoms with Gasteiger partial charge in [-0.05, 0) is 38.3 Å². The Morgan fingerprint density at radius 2 is 2.08 bits per heavy atom. The van der Waals surface area contributed by atoms with Crippen LogP contribution in [-0.2, 0) is 6.42 Å². The molecular formula is C11H13NO. The van der Waals surface area contributed by atoms with Gasteiger partial charge in [-0.1, -0.05) is 0 Å². The van der Waals surface area contributed by atoms with Gasteiger partial charge in [-0.25, -0.2) is 0 Å². The molecule has 0 atom stereocenters. The van der Waals surface area contributed by atoms with Gasteiger partial charge < -0.3 is 0 Å². The van der Waals surface area contributed by atoms with E-state index >= 15 is 0 Å². The lowest BCUT2D eigenvalue weighted by molar-refractivity contribution is 0.0971. The van der Waals surface area contributed by atoms with Crippen LogP contribution in [0.2, 0.25) is 0 Å². The number of rotatable bonds is 0. The Hall–Kier alpha value is -1.18. The van der Waals surface area contributed by atoms with Gasteiger partial charge in [0.05, 0.1) is 5.69 Å². The zero-order chi connectivity index (χ0) is 9.42. The Bertz CT molecular complexity index is 369. The van der Waals surface area contributed by atoms with Crippen molar-refractivity contribution in [2.45, 2.75) is 33.1 Å². The summed E-state index contributed by atoms with van der Waals surface area (Å²) in [6.07, 6.45) is 2.61. The van der Waals surface area contributed by atoms with E-state index in [-0.39, 0.29) is 5.78 Å². The first-order valence-corrected chi connectivity index (χ1v) is 4.69. The zero-order valence-corrected chi connectivity index (χ0v) is 8.05. The zero-order valence-electron chi connectivity index (χ0n) is 8.05. The van der Waals surface area contributed by atoms with Crippen LogP contribution in [0.3, 0.4) is 0 Å². The summed E-state index contributed by atoms with van der Waals surface area (Å²) in [6, 6.07) is 1.99. The summed E-state index contributed by atoms with van der Waals surface area (Å²) >= 11 is 0. The molecule has 0 bridgehead atoms. The maximum Gasteiger partial charge on any atom is 0.164 e. The van der Waals surface area contributed by atoms with Crippen molar-refractivity contribution in [2.24, 2.45) is 0 Å². The monoisotopic (exact) mass is 175 g/mol. The number of fused-ring (bicyclic) bond motifs is 1. The number of hydrogen-bond donors (Lipinski definition) is 0. The molecule has 0 spiro atoms. The lowest BCUT2D eigenvalue weighted by Gasteiger charge is -2.15. The topological polar surface area (TPSA) is 30.0 Å². The van der Waals surface area contributed by atoms with Crippen molar-refractivity contribution < 1.29 is 4.79 Å². The molecule has 0 N–H and O–H groups in total. The number of hydrogen-bond acceptors (Lipinski definition) is 2. The normalized spacial score (nSPS) is 15.7. The maximum atomic E-state index is 11.5. The number of Topliss-reactive ketones (excluding diaryl/α,β-unsaturated/α-hetero) is 1. The first kappa shape index (κ1) is 8.42. The van der Waals surface area contributed by atoms with E-state index in [1.807, 2.05) is 19.9 Å². The average Bonchev–Trinajstić information content (AvgIpc) is 2.09. The molecule has 13 heavy (non-hydrogen) atoms. The molecule has 2 heteroatoms. The number of ketones is 1. The minimum absolute atomic E-state index is 0.261. The highest BCUT2D eigenvalue weighted by molar-refractivity contribution is 5.98. The molecule has 0 aromatic carbocycles. The summed E-state index contributed by atoms with van der Waals surface area (Å²) in [6.45, 7) is 4.00. The fraction of sp³-hybridized carbons (Fsp3) is 0.455. The molecule has 0 radical (unpaired) electrons. The van der Waals surface area contributed by atoms with Gasteiger partial charge in [0.25, 0.3) is 0 Å². The molecule has 1 aliphatic rings. The SMILES string of the molecule is Cc1cc2c(nc1C)CCCC2=O. The van der Waals surface area contributed by atoms with E-state index in [1.54, 1.807) is 0 Å². The van der Waals surface area contributed by atoms with Crippen LogP contribution in [-0.4, -0.2) is 10.8 Å². The van der Waals surface area contributed by atoms with Gasteiger partial charge in [0.15, 0.2) is 5.78 Å². The second kappa shape index (κ2) is 2.95. The fourth-order valence-corrected chi connectivity index (χ4v) is 1.74. The Kier molecular flexibility index (Phi) is 1.91. The largest absolute Gasteiger partial charge is 0.294 e. The van der Waals surface area contributed by atoms with Crippen molar-refractivity contribution in [3.05, 3.63) is 28.6 Å². The molecule has 1 aromatic rings. The van der Waals surface area contributed by atoms with E-state index in [0.29, 0.717) is 6.42 Å². The molecule has 68 valence electrons. The molecule has 1 heterocycles. The van der Waals surface area contributed by atoms with E-state index in [0.717, 1.165) is 35.4 Å². The number of aryl methyl sites for hydroxylation is 3. The summed E-state index contributed by atoms with van der Waals surface area (Å²) in [5.74, 6) is 0.261. The lowest BCUT2D eigenvalue weighted by atomic mass is 9.93. The van der Waals surface area contributed by atoms with Gasteiger partial charge in [-0.15, -0.1) is 0 Å². The third-order valence-corrected chi connectivity index (χ3v) is 2.66. The third-order valence-electron chi connectivity index (χ3n) is 2.66. The van der Waals surface area contributed by atoms with Crippen LogP contribution < -0.4 is 0 Å². The Morgan fingerprint density at radius 1 is 1.31 bits per heavy atom. The van der Waals surface area contributed by atoms with Crippen molar-refractivity contribution in [3.63, 3.8) is 0 Å². The number of carbonyl (C=O) groups is 1. The number of aromatic nitrogens is 1. The molecule has 0 aliphatic heterocycles.